The minimum Gasteiger partial charge on any atom is -0.349 e. The van der Waals surface area contributed by atoms with Gasteiger partial charge in [0.25, 0.3) is 11.8 Å². The number of hydrogen-bond donors (Lipinski definition) is 4. The highest BCUT2D eigenvalue weighted by molar-refractivity contribution is 9.10. The van der Waals surface area contributed by atoms with Gasteiger partial charge in [-0.3, -0.25) is 9.59 Å². The molecule has 0 saturated carbocycles. The Morgan fingerprint density at radius 2 is 1.80 bits per heavy atom. The molecule has 4 N–H and O–H groups in total. The number of tetrazole rings is 1. The van der Waals surface area contributed by atoms with Crippen molar-refractivity contribution < 1.29 is 9.59 Å². The van der Waals surface area contributed by atoms with Gasteiger partial charge >= 0.3 is 0 Å². The van der Waals surface area contributed by atoms with E-state index in [9.17, 15) is 9.59 Å². The van der Waals surface area contributed by atoms with E-state index in [0.29, 0.717) is 39.7 Å². The van der Waals surface area contributed by atoms with Crippen molar-refractivity contribution in [3.05, 3.63) is 99.6 Å². The lowest BCUT2D eigenvalue weighted by molar-refractivity contribution is 0.101. The number of benzene rings is 3. The maximum Gasteiger partial charge on any atom is 0.275 e. The van der Waals surface area contributed by atoms with Gasteiger partial charge in [0, 0.05) is 26.6 Å². The second-order valence-electron chi connectivity index (χ2n) is 8.56. The lowest BCUT2D eigenvalue weighted by atomic mass is 10.1. The Balaban J connectivity index is 1.18. The summed E-state index contributed by atoms with van der Waals surface area (Å²) in [6.45, 7) is 0. The van der Waals surface area contributed by atoms with E-state index in [1.165, 1.54) is 16.9 Å². The van der Waals surface area contributed by atoms with E-state index in [1.54, 1.807) is 41.4 Å². The van der Waals surface area contributed by atoms with Crippen molar-refractivity contribution in [2.45, 2.75) is 10.1 Å². The predicted molar refractivity (Wildman–Crippen MR) is 160 cm³/mol. The third kappa shape index (κ3) is 5.66. The molecule has 0 aliphatic heterocycles. The van der Waals surface area contributed by atoms with Gasteiger partial charge in [0.2, 0.25) is 5.82 Å². The Hall–Kier alpha value is -4.33. The fourth-order valence-corrected chi connectivity index (χ4v) is 6.12. The molecule has 0 spiro atoms. The third-order valence-corrected chi connectivity index (χ3v) is 8.47. The fraction of sp³-hybridized carbons (Fsp3) is 0.0370. The number of amides is 2. The number of para-hydroxylation sites is 1. The highest BCUT2D eigenvalue weighted by atomic mass is 79.9. The van der Waals surface area contributed by atoms with Gasteiger partial charge in [-0.25, -0.2) is 4.98 Å². The molecule has 3 aromatic carbocycles. The molecular weight excluding hydrogens is 612 g/mol. The van der Waals surface area contributed by atoms with Crippen LogP contribution in [0.15, 0.2) is 87.0 Å². The number of nitrogens with zero attached hydrogens (tertiary/aromatic N) is 4. The van der Waals surface area contributed by atoms with Crippen LogP contribution in [0, 0.1) is 0 Å². The summed E-state index contributed by atoms with van der Waals surface area (Å²) in [5, 5.41) is 22.4. The topological polar surface area (TPSA) is 141 Å². The molecule has 0 fully saturated rings. The molecule has 0 atom stereocenters. The van der Waals surface area contributed by atoms with Gasteiger partial charge in [-0.1, -0.05) is 70.2 Å². The zero-order valence-corrected chi connectivity index (χ0v) is 23.7. The normalized spacial score (nSPS) is 11.0. The van der Waals surface area contributed by atoms with Gasteiger partial charge in [0.15, 0.2) is 4.34 Å². The Labute approximate surface area is 244 Å². The minimum atomic E-state index is -0.361. The summed E-state index contributed by atoms with van der Waals surface area (Å²) in [7, 11) is 0. The second-order valence-corrected chi connectivity index (χ2v) is 11.6. The van der Waals surface area contributed by atoms with Crippen molar-refractivity contribution in [1.82, 2.24) is 30.6 Å². The van der Waals surface area contributed by atoms with Crippen molar-refractivity contribution in [3.8, 4) is 11.4 Å². The van der Waals surface area contributed by atoms with E-state index in [4.69, 9.17) is 0 Å². The van der Waals surface area contributed by atoms with Crippen LogP contribution in [0.1, 0.15) is 26.5 Å². The van der Waals surface area contributed by atoms with E-state index in [0.717, 1.165) is 20.0 Å². The highest BCUT2D eigenvalue weighted by Gasteiger charge is 2.18. The summed E-state index contributed by atoms with van der Waals surface area (Å²) in [4.78, 5) is 33.8. The van der Waals surface area contributed by atoms with Crippen molar-refractivity contribution >= 4 is 73.1 Å². The first-order chi connectivity index (χ1) is 19.5. The Morgan fingerprint density at radius 1 is 0.950 bits per heavy atom. The molecule has 2 amide bonds. The number of thioether (sulfide) groups is 1. The lowest BCUT2D eigenvalue weighted by Crippen LogP contribution is -2.14. The zero-order chi connectivity index (χ0) is 27.5. The van der Waals surface area contributed by atoms with Gasteiger partial charge in [-0.05, 0) is 41.1 Å². The number of hydrogen-bond acceptors (Lipinski definition) is 8. The molecule has 6 aromatic rings. The summed E-state index contributed by atoms with van der Waals surface area (Å²) in [5.41, 5.74) is 4.15. The van der Waals surface area contributed by atoms with Gasteiger partial charge in [-0.15, -0.1) is 21.5 Å². The van der Waals surface area contributed by atoms with Crippen LogP contribution >= 0.6 is 39.0 Å². The molecule has 0 aliphatic rings. The van der Waals surface area contributed by atoms with Gasteiger partial charge in [-0.2, -0.15) is 5.21 Å². The van der Waals surface area contributed by atoms with Gasteiger partial charge < -0.3 is 15.6 Å². The van der Waals surface area contributed by atoms with Crippen LogP contribution in [0.4, 0.5) is 11.4 Å². The van der Waals surface area contributed by atoms with Crippen molar-refractivity contribution in [3.63, 3.8) is 0 Å². The van der Waals surface area contributed by atoms with E-state index in [1.807, 2.05) is 36.4 Å². The van der Waals surface area contributed by atoms with E-state index in [2.05, 4.69) is 69.3 Å². The Morgan fingerprint density at radius 3 is 2.62 bits per heavy atom. The van der Waals surface area contributed by atoms with Gasteiger partial charge in [0.1, 0.15) is 11.4 Å². The van der Waals surface area contributed by atoms with Crippen molar-refractivity contribution in [1.29, 1.82) is 0 Å². The number of carbonyl (C=O) groups excluding carboxylic acids is 2. The number of nitrogens with one attached hydrogen (secondary N) is 4. The lowest BCUT2D eigenvalue weighted by Gasteiger charge is -2.08. The van der Waals surface area contributed by atoms with Crippen molar-refractivity contribution in [2.24, 2.45) is 0 Å². The quantitative estimate of drug-likeness (QED) is 0.143. The maximum absolute atomic E-state index is 13.2. The molecule has 6 rings (SSSR count). The molecule has 198 valence electrons. The van der Waals surface area contributed by atoms with Crippen LogP contribution in [0.2, 0.25) is 0 Å². The minimum absolute atomic E-state index is 0.324. The molecule has 40 heavy (non-hydrogen) atoms. The number of rotatable bonds is 8. The van der Waals surface area contributed by atoms with Crippen LogP contribution in [-0.2, 0) is 5.75 Å². The van der Waals surface area contributed by atoms with Crippen LogP contribution in [0.25, 0.3) is 22.3 Å². The molecule has 0 saturated heterocycles. The van der Waals surface area contributed by atoms with Crippen LogP contribution in [0.3, 0.4) is 0 Å². The van der Waals surface area contributed by atoms with E-state index in [-0.39, 0.29) is 11.8 Å². The molecule has 10 nitrogen and oxygen atoms in total. The summed E-state index contributed by atoms with van der Waals surface area (Å²) in [6, 6.07) is 22.7. The first kappa shape index (κ1) is 25.9. The standard InChI is InChI=1S/C27H19BrN8O2S2/c28-17-9-10-19(18(12-17)24-33-35-36-34-24)30-25(37)21-11-16-7-4-8-20(23(16)29-21)31-26(38)22-14-40-27(32-22)39-13-15-5-2-1-3-6-15/h1-12,14,29H,13H2,(H,30,37)(H,31,38)(H,33,34,35,36). The maximum atomic E-state index is 13.2. The molecule has 13 heteroatoms. The molecule has 0 unspecified atom stereocenters. The van der Waals surface area contributed by atoms with Crippen LogP contribution in [0.5, 0.6) is 0 Å². The van der Waals surface area contributed by atoms with Crippen LogP contribution in [-0.4, -0.2) is 42.4 Å². The average Bonchev–Trinajstić information content (AvgIpc) is 3.75. The number of thiazole rings is 1. The summed E-state index contributed by atoms with van der Waals surface area (Å²) in [6.07, 6.45) is 0. The molecule has 3 aromatic heterocycles. The SMILES string of the molecule is O=C(Nc1cccc2cc(C(=O)Nc3ccc(Br)cc3-c3nn[nH]n3)[nH]c12)c1csc(SCc2ccccc2)n1. The highest BCUT2D eigenvalue weighted by Crippen LogP contribution is 2.30. The number of fused-ring (bicyclic) bond motifs is 1. The largest absolute Gasteiger partial charge is 0.349 e. The monoisotopic (exact) mass is 630 g/mol. The number of halogens is 1. The first-order valence-corrected chi connectivity index (χ1v) is 14.6. The first-order valence-electron chi connectivity index (χ1n) is 11.9. The molecule has 0 radical (unpaired) electrons. The molecule has 3 heterocycles. The summed E-state index contributed by atoms with van der Waals surface area (Å²) < 4.78 is 1.62. The van der Waals surface area contributed by atoms with Crippen molar-refractivity contribution in [2.75, 3.05) is 10.6 Å². The Bertz CT molecular complexity index is 1820. The number of anilines is 2. The second kappa shape index (κ2) is 11.4. The Kier molecular flexibility index (Phi) is 7.40. The van der Waals surface area contributed by atoms with Gasteiger partial charge in [0.05, 0.1) is 16.9 Å². The smallest absolute Gasteiger partial charge is 0.275 e. The third-order valence-electron chi connectivity index (χ3n) is 5.89. The molecule has 0 bridgehead atoms. The van der Waals surface area contributed by atoms with E-state index < -0.39 is 0 Å². The number of aromatic amines is 2. The summed E-state index contributed by atoms with van der Waals surface area (Å²) >= 11 is 6.46. The zero-order valence-electron chi connectivity index (χ0n) is 20.5. The predicted octanol–water partition coefficient (Wildman–Crippen LogP) is 6.36. The number of aromatic nitrogens is 6. The van der Waals surface area contributed by atoms with E-state index >= 15 is 0 Å². The fourth-order valence-electron chi connectivity index (χ4n) is 3.99. The molecule has 0 aliphatic carbocycles. The average molecular weight is 632 g/mol. The number of H-pyrrole nitrogens is 2. The number of carbonyl (C=O) groups is 2. The molecular formula is C27H19BrN8O2S2. The summed E-state index contributed by atoms with van der Waals surface area (Å²) in [5.74, 6) is 0.441. The van der Waals surface area contributed by atoms with Crippen LogP contribution < -0.4 is 10.6 Å².